The number of benzene rings is 2. The predicted octanol–water partition coefficient (Wildman–Crippen LogP) is 3.46. The van der Waals surface area contributed by atoms with Crippen LogP contribution in [0.4, 0.5) is 0 Å². The van der Waals surface area contributed by atoms with Crippen LogP contribution in [0.15, 0.2) is 30.3 Å². The van der Waals surface area contributed by atoms with Gasteiger partial charge in [-0.05, 0) is 43.0 Å². The number of rotatable bonds is 8. The van der Waals surface area contributed by atoms with Crippen molar-refractivity contribution in [2.75, 3.05) is 20.1 Å². The Labute approximate surface area is 172 Å². The van der Waals surface area contributed by atoms with Crippen molar-refractivity contribution in [2.24, 2.45) is 0 Å². The third kappa shape index (κ3) is 4.68. The third-order valence-corrected chi connectivity index (χ3v) is 4.65. The van der Waals surface area contributed by atoms with Crippen molar-refractivity contribution in [3.8, 4) is 11.5 Å². The molecule has 0 aliphatic carbocycles. The van der Waals surface area contributed by atoms with Gasteiger partial charge in [-0.1, -0.05) is 12.1 Å². The number of ketones is 1. The Morgan fingerprint density at radius 3 is 2.14 bits per heavy atom. The molecule has 2 aromatic rings. The normalized spacial score (nSPS) is 10.4. The molecule has 0 atom stereocenters. The molecule has 0 aliphatic heterocycles. The first kappa shape index (κ1) is 22.2. The van der Waals surface area contributed by atoms with Crippen molar-refractivity contribution in [3.63, 3.8) is 0 Å². The van der Waals surface area contributed by atoms with Gasteiger partial charge in [0.2, 0.25) is 0 Å². The van der Waals surface area contributed by atoms with E-state index < -0.39 is 34.6 Å². The second-order valence-electron chi connectivity index (χ2n) is 6.16. The molecule has 0 fully saturated rings. The van der Waals surface area contributed by atoms with E-state index in [9.17, 15) is 24.6 Å². The van der Waals surface area contributed by atoms with Gasteiger partial charge in [0, 0.05) is 11.4 Å². The molecule has 0 heterocycles. The molecule has 0 aliphatic rings. The Bertz CT molecular complexity index is 937. The maximum atomic E-state index is 13.1. The van der Waals surface area contributed by atoms with E-state index in [1.54, 1.807) is 12.1 Å². The van der Waals surface area contributed by atoms with Crippen molar-refractivity contribution in [2.45, 2.75) is 19.3 Å². The van der Waals surface area contributed by atoms with Crippen LogP contribution in [0, 0.1) is 0 Å². The molecule has 7 nitrogen and oxygen atoms in total. The zero-order chi connectivity index (χ0) is 21.6. The van der Waals surface area contributed by atoms with Crippen molar-refractivity contribution in [1.29, 1.82) is 0 Å². The third-order valence-electron chi connectivity index (χ3n) is 4.38. The number of para-hydroxylation sites is 1. The maximum Gasteiger partial charge on any atom is 0.342 e. The molecule has 154 valence electrons. The van der Waals surface area contributed by atoms with Gasteiger partial charge in [0.1, 0.15) is 17.1 Å². The summed E-state index contributed by atoms with van der Waals surface area (Å²) >= 11 is 5.70. The second kappa shape index (κ2) is 9.93. The molecule has 2 rings (SSSR count). The predicted molar refractivity (Wildman–Crippen MR) is 106 cm³/mol. The smallest absolute Gasteiger partial charge is 0.342 e. The molecule has 2 N–H and O–H groups in total. The Morgan fingerprint density at radius 2 is 1.55 bits per heavy atom. The van der Waals surface area contributed by atoms with Crippen LogP contribution in [0.25, 0.3) is 0 Å². The number of methoxy groups -OCH3 is 2. The van der Waals surface area contributed by atoms with Gasteiger partial charge in [-0.25, -0.2) is 9.59 Å². The minimum atomic E-state index is -0.994. The number of aromatic hydroxyl groups is 2. The Hall–Kier alpha value is -3.06. The molecule has 0 amide bonds. The number of alkyl halides is 1. The molecule has 0 aromatic heterocycles. The van der Waals surface area contributed by atoms with E-state index in [1.165, 1.54) is 18.2 Å². The van der Waals surface area contributed by atoms with E-state index in [4.69, 9.17) is 21.1 Å². The van der Waals surface area contributed by atoms with E-state index in [0.29, 0.717) is 25.1 Å². The van der Waals surface area contributed by atoms with Crippen molar-refractivity contribution in [3.05, 3.63) is 58.1 Å². The lowest BCUT2D eigenvalue weighted by Gasteiger charge is -2.17. The minimum Gasteiger partial charge on any atom is -0.507 e. The molecule has 0 saturated heterocycles. The summed E-state index contributed by atoms with van der Waals surface area (Å²) in [6.45, 7) is 0. The van der Waals surface area contributed by atoms with Gasteiger partial charge in [-0.2, -0.15) is 0 Å². The van der Waals surface area contributed by atoms with E-state index in [1.807, 2.05) is 0 Å². The van der Waals surface area contributed by atoms with Crippen LogP contribution in [-0.2, 0) is 15.9 Å². The van der Waals surface area contributed by atoms with Gasteiger partial charge in [-0.3, -0.25) is 4.79 Å². The highest BCUT2D eigenvalue weighted by atomic mass is 35.5. The van der Waals surface area contributed by atoms with E-state index in [-0.39, 0.29) is 22.4 Å². The van der Waals surface area contributed by atoms with Gasteiger partial charge in [0.25, 0.3) is 0 Å². The van der Waals surface area contributed by atoms with Crippen LogP contribution in [-0.4, -0.2) is 48.0 Å². The lowest BCUT2D eigenvalue weighted by molar-refractivity contribution is 0.0550. The number of carbonyl (C=O) groups is 3. The Morgan fingerprint density at radius 1 is 0.931 bits per heavy atom. The number of esters is 2. The SMILES string of the molecule is COC(=O)c1c(C(=O)c2ccccc2O)cc(CCCCCl)c(O)c1C(=O)OC. The molecular weight excluding hydrogens is 400 g/mol. The number of unbranched alkanes of at least 4 members (excludes halogenated alkanes) is 1. The van der Waals surface area contributed by atoms with Gasteiger partial charge in [0.15, 0.2) is 5.78 Å². The number of carbonyl (C=O) groups excluding carboxylic acids is 3. The lowest BCUT2D eigenvalue weighted by Crippen LogP contribution is -2.19. The summed E-state index contributed by atoms with van der Waals surface area (Å²) in [4.78, 5) is 38.0. The van der Waals surface area contributed by atoms with Crippen LogP contribution >= 0.6 is 11.6 Å². The molecule has 0 saturated carbocycles. The fourth-order valence-electron chi connectivity index (χ4n) is 2.93. The summed E-state index contributed by atoms with van der Waals surface area (Å²) in [6.07, 6.45) is 1.54. The van der Waals surface area contributed by atoms with Gasteiger partial charge >= 0.3 is 11.9 Å². The zero-order valence-corrected chi connectivity index (χ0v) is 16.8. The number of phenolic OH excluding ortho intramolecular Hbond substituents is 2. The molecule has 0 bridgehead atoms. The number of halogens is 1. The first-order chi connectivity index (χ1) is 13.9. The highest BCUT2D eigenvalue weighted by Gasteiger charge is 2.32. The number of aryl methyl sites for hydroxylation is 1. The molecule has 8 heteroatoms. The fourth-order valence-corrected chi connectivity index (χ4v) is 3.12. The summed E-state index contributed by atoms with van der Waals surface area (Å²) in [5.41, 5.74) is -0.849. The Balaban J connectivity index is 2.79. The Kier molecular flexibility index (Phi) is 7.61. The van der Waals surface area contributed by atoms with Crippen LogP contribution in [0.2, 0.25) is 0 Å². The van der Waals surface area contributed by atoms with E-state index in [0.717, 1.165) is 14.2 Å². The molecule has 0 radical (unpaired) electrons. The number of phenols is 2. The minimum absolute atomic E-state index is 0.0640. The second-order valence-corrected chi connectivity index (χ2v) is 6.54. The van der Waals surface area contributed by atoms with Crippen LogP contribution in [0.5, 0.6) is 11.5 Å². The topological polar surface area (TPSA) is 110 Å². The number of hydrogen-bond donors (Lipinski definition) is 2. The summed E-state index contributed by atoms with van der Waals surface area (Å²) in [7, 11) is 2.18. The van der Waals surface area contributed by atoms with Gasteiger partial charge in [-0.15, -0.1) is 11.6 Å². The summed E-state index contributed by atoms with van der Waals surface area (Å²) in [5.74, 6) is -3.02. The average molecular weight is 421 g/mol. The fraction of sp³-hybridized carbons (Fsp3) is 0.286. The summed E-state index contributed by atoms with van der Waals surface area (Å²) < 4.78 is 9.44. The number of hydrogen-bond acceptors (Lipinski definition) is 7. The monoisotopic (exact) mass is 420 g/mol. The zero-order valence-electron chi connectivity index (χ0n) is 16.0. The highest BCUT2D eigenvalue weighted by molar-refractivity contribution is 6.19. The summed E-state index contributed by atoms with van der Waals surface area (Å²) in [5, 5.41) is 20.7. The molecule has 0 spiro atoms. The van der Waals surface area contributed by atoms with Crippen LogP contribution in [0.3, 0.4) is 0 Å². The van der Waals surface area contributed by atoms with Crippen molar-refractivity contribution in [1.82, 2.24) is 0 Å². The van der Waals surface area contributed by atoms with Gasteiger partial charge < -0.3 is 19.7 Å². The number of ether oxygens (including phenoxy) is 2. The van der Waals surface area contributed by atoms with E-state index in [2.05, 4.69) is 0 Å². The van der Waals surface area contributed by atoms with Crippen LogP contribution in [0.1, 0.15) is 55.0 Å². The quantitative estimate of drug-likeness (QED) is 0.291. The molecule has 2 aromatic carbocycles. The molecular formula is C21H21ClO7. The standard InChI is InChI=1S/C21H21ClO7/c1-28-20(26)16-14(19(25)13-8-3-4-9-15(13)23)11-12(7-5-6-10-22)18(24)17(16)21(27)29-2/h3-4,8-9,11,23-24H,5-7,10H2,1-2H3. The first-order valence-electron chi connectivity index (χ1n) is 8.81. The van der Waals surface area contributed by atoms with Crippen molar-refractivity contribution < 1.29 is 34.1 Å². The van der Waals surface area contributed by atoms with Crippen molar-refractivity contribution >= 4 is 29.3 Å². The van der Waals surface area contributed by atoms with Gasteiger partial charge in [0.05, 0.1) is 25.3 Å². The highest BCUT2D eigenvalue weighted by Crippen LogP contribution is 2.34. The largest absolute Gasteiger partial charge is 0.507 e. The first-order valence-corrected chi connectivity index (χ1v) is 9.34. The molecule has 29 heavy (non-hydrogen) atoms. The van der Waals surface area contributed by atoms with Crippen LogP contribution < -0.4 is 0 Å². The van der Waals surface area contributed by atoms with E-state index >= 15 is 0 Å². The summed E-state index contributed by atoms with van der Waals surface area (Å²) in [6, 6.07) is 7.14. The maximum absolute atomic E-state index is 13.1. The average Bonchev–Trinajstić information content (AvgIpc) is 2.73. The lowest BCUT2D eigenvalue weighted by atomic mass is 9.89. The molecule has 0 unspecified atom stereocenters.